The SMILES string of the molecule is CC(C)(C)c1ccc(O)c(/C=N/O)c1. The average Bonchev–Trinajstić information content (AvgIpc) is 2.07. The van der Waals surface area contributed by atoms with Crippen molar-refractivity contribution < 1.29 is 10.3 Å². The van der Waals surface area contributed by atoms with Gasteiger partial charge >= 0.3 is 0 Å². The summed E-state index contributed by atoms with van der Waals surface area (Å²) in [5, 5.41) is 20.7. The Labute approximate surface area is 83.7 Å². The van der Waals surface area contributed by atoms with Gasteiger partial charge in [0.15, 0.2) is 0 Å². The number of hydrogen-bond acceptors (Lipinski definition) is 3. The molecule has 3 heteroatoms. The number of phenolic OH excluding ortho intramolecular Hbond substituents is 1. The topological polar surface area (TPSA) is 52.8 Å². The molecule has 1 aromatic rings. The highest BCUT2D eigenvalue weighted by Gasteiger charge is 2.14. The van der Waals surface area contributed by atoms with Gasteiger partial charge in [0.2, 0.25) is 0 Å². The lowest BCUT2D eigenvalue weighted by Gasteiger charge is -2.19. The molecular weight excluding hydrogens is 178 g/mol. The Morgan fingerprint density at radius 2 is 1.93 bits per heavy atom. The lowest BCUT2D eigenvalue weighted by Crippen LogP contribution is -2.11. The first-order valence-corrected chi connectivity index (χ1v) is 4.46. The highest BCUT2D eigenvalue weighted by Crippen LogP contribution is 2.26. The van der Waals surface area contributed by atoms with Crippen LogP contribution in [0.1, 0.15) is 31.9 Å². The van der Waals surface area contributed by atoms with E-state index >= 15 is 0 Å². The molecule has 0 fully saturated rings. The van der Waals surface area contributed by atoms with E-state index in [-0.39, 0.29) is 11.2 Å². The van der Waals surface area contributed by atoms with Gasteiger partial charge in [-0.15, -0.1) is 0 Å². The lowest BCUT2D eigenvalue weighted by molar-refractivity contribution is 0.321. The molecule has 0 amide bonds. The van der Waals surface area contributed by atoms with Gasteiger partial charge in [0, 0.05) is 5.56 Å². The van der Waals surface area contributed by atoms with Gasteiger partial charge < -0.3 is 10.3 Å². The van der Waals surface area contributed by atoms with E-state index in [1.54, 1.807) is 6.07 Å². The summed E-state index contributed by atoms with van der Waals surface area (Å²) >= 11 is 0. The van der Waals surface area contributed by atoms with Crippen molar-refractivity contribution in [3.63, 3.8) is 0 Å². The van der Waals surface area contributed by atoms with Crippen LogP contribution in [0.25, 0.3) is 0 Å². The van der Waals surface area contributed by atoms with E-state index in [0.29, 0.717) is 5.56 Å². The summed E-state index contributed by atoms with van der Waals surface area (Å²) in [6, 6.07) is 5.29. The van der Waals surface area contributed by atoms with E-state index < -0.39 is 0 Å². The highest BCUT2D eigenvalue weighted by atomic mass is 16.4. The Morgan fingerprint density at radius 3 is 2.43 bits per heavy atom. The maximum absolute atomic E-state index is 9.43. The fourth-order valence-electron chi connectivity index (χ4n) is 1.19. The van der Waals surface area contributed by atoms with Crippen LogP contribution in [0.4, 0.5) is 0 Å². The molecule has 0 unspecified atom stereocenters. The lowest BCUT2D eigenvalue weighted by atomic mass is 9.86. The molecule has 1 rings (SSSR count). The van der Waals surface area contributed by atoms with Crippen molar-refractivity contribution >= 4 is 6.21 Å². The van der Waals surface area contributed by atoms with E-state index in [1.165, 1.54) is 6.21 Å². The quantitative estimate of drug-likeness (QED) is 0.409. The molecule has 0 aliphatic rings. The average molecular weight is 193 g/mol. The maximum atomic E-state index is 9.43. The summed E-state index contributed by atoms with van der Waals surface area (Å²) in [5.41, 5.74) is 1.64. The van der Waals surface area contributed by atoms with Crippen LogP contribution in [0.15, 0.2) is 23.4 Å². The normalized spacial score (nSPS) is 12.2. The molecule has 1 aromatic carbocycles. The van der Waals surface area contributed by atoms with Gasteiger partial charge in [-0.1, -0.05) is 32.0 Å². The molecular formula is C11H15NO2. The minimum absolute atomic E-state index is 0.0196. The Bertz CT molecular complexity index is 351. The minimum Gasteiger partial charge on any atom is -0.507 e. The van der Waals surface area contributed by atoms with Crippen LogP contribution in [0, 0.1) is 0 Å². The smallest absolute Gasteiger partial charge is 0.124 e. The first-order chi connectivity index (χ1) is 6.45. The standard InChI is InChI=1S/C11H15NO2/c1-11(2,3)9-4-5-10(13)8(6-9)7-12-14/h4-7,13-14H,1-3H3/b12-7+. The Kier molecular flexibility index (Phi) is 2.79. The molecule has 0 aliphatic heterocycles. The number of benzene rings is 1. The minimum atomic E-state index is 0.0196. The van der Waals surface area contributed by atoms with E-state index in [2.05, 4.69) is 25.9 Å². The molecule has 0 atom stereocenters. The fourth-order valence-corrected chi connectivity index (χ4v) is 1.19. The summed E-state index contributed by atoms with van der Waals surface area (Å²) in [7, 11) is 0. The molecule has 3 nitrogen and oxygen atoms in total. The van der Waals surface area contributed by atoms with E-state index in [9.17, 15) is 5.11 Å². The monoisotopic (exact) mass is 193 g/mol. The summed E-state index contributed by atoms with van der Waals surface area (Å²) in [4.78, 5) is 0. The van der Waals surface area contributed by atoms with Crippen molar-refractivity contribution in [2.24, 2.45) is 5.16 Å². The van der Waals surface area contributed by atoms with Crippen molar-refractivity contribution in [2.75, 3.05) is 0 Å². The van der Waals surface area contributed by atoms with Gasteiger partial charge in [-0.3, -0.25) is 0 Å². The van der Waals surface area contributed by atoms with Crippen LogP contribution in [-0.2, 0) is 5.41 Å². The summed E-state index contributed by atoms with van der Waals surface area (Å²) in [6.07, 6.45) is 1.23. The second kappa shape index (κ2) is 3.70. The van der Waals surface area contributed by atoms with Crippen molar-refractivity contribution in [3.05, 3.63) is 29.3 Å². The molecule has 0 aliphatic carbocycles. The van der Waals surface area contributed by atoms with Gasteiger partial charge in [0.05, 0.1) is 6.21 Å². The number of hydrogen-bond donors (Lipinski definition) is 2. The molecule has 0 heterocycles. The number of nitrogens with zero attached hydrogens (tertiary/aromatic N) is 1. The van der Waals surface area contributed by atoms with Crippen LogP contribution in [0.3, 0.4) is 0 Å². The second-order valence-corrected chi connectivity index (χ2v) is 4.27. The van der Waals surface area contributed by atoms with Crippen LogP contribution in [0.2, 0.25) is 0 Å². The zero-order chi connectivity index (χ0) is 10.8. The molecule has 2 N–H and O–H groups in total. The fraction of sp³-hybridized carbons (Fsp3) is 0.364. The van der Waals surface area contributed by atoms with Crippen LogP contribution in [0.5, 0.6) is 5.75 Å². The number of rotatable bonds is 1. The molecule has 0 saturated heterocycles. The molecule has 76 valence electrons. The van der Waals surface area contributed by atoms with Crippen molar-refractivity contribution in [1.82, 2.24) is 0 Å². The number of oxime groups is 1. The third kappa shape index (κ3) is 2.25. The molecule has 0 radical (unpaired) electrons. The number of aromatic hydroxyl groups is 1. The Hall–Kier alpha value is -1.51. The zero-order valence-electron chi connectivity index (χ0n) is 8.65. The maximum Gasteiger partial charge on any atom is 0.124 e. The predicted molar refractivity (Wildman–Crippen MR) is 56.2 cm³/mol. The van der Waals surface area contributed by atoms with Crippen molar-refractivity contribution in [1.29, 1.82) is 0 Å². The van der Waals surface area contributed by atoms with Gasteiger partial charge in [-0.2, -0.15) is 0 Å². The molecule has 0 saturated carbocycles. The van der Waals surface area contributed by atoms with Crippen LogP contribution in [-0.4, -0.2) is 16.5 Å². The molecule has 0 aromatic heterocycles. The summed E-state index contributed by atoms with van der Waals surface area (Å²) in [5.74, 6) is 0.121. The van der Waals surface area contributed by atoms with E-state index in [0.717, 1.165) is 5.56 Å². The zero-order valence-corrected chi connectivity index (χ0v) is 8.65. The van der Waals surface area contributed by atoms with Gasteiger partial charge in [-0.25, -0.2) is 0 Å². The second-order valence-electron chi connectivity index (χ2n) is 4.27. The first kappa shape index (κ1) is 10.6. The number of phenols is 1. The Balaban J connectivity index is 3.19. The van der Waals surface area contributed by atoms with Gasteiger partial charge in [0.25, 0.3) is 0 Å². The van der Waals surface area contributed by atoms with Crippen LogP contribution >= 0.6 is 0 Å². The van der Waals surface area contributed by atoms with Gasteiger partial charge in [0.1, 0.15) is 5.75 Å². The predicted octanol–water partition coefficient (Wildman–Crippen LogP) is 2.50. The van der Waals surface area contributed by atoms with Crippen molar-refractivity contribution in [3.8, 4) is 5.75 Å². The third-order valence-corrected chi connectivity index (χ3v) is 2.09. The van der Waals surface area contributed by atoms with E-state index in [1.807, 2.05) is 12.1 Å². The molecule has 0 spiro atoms. The largest absolute Gasteiger partial charge is 0.507 e. The summed E-state index contributed by atoms with van der Waals surface area (Å²) < 4.78 is 0. The first-order valence-electron chi connectivity index (χ1n) is 4.46. The highest BCUT2D eigenvalue weighted by molar-refractivity contribution is 5.83. The summed E-state index contributed by atoms with van der Waals surface area (Å²) in [6.45, 7) is 6.25. The molecule has 0 bridgehead atoms. The van der Waals surface area contributed by atoms with Crippen molar-refractivity contribution in [2.45, 2.75) is 26.2 Å². The Morgan fingerprint density at radius 1 is 1.29 bits per heavy atom. The molecule has 14 heavy (non-hydrogen) atoms. The van der Waals surface area contributed by atoms with Crippen LogP contribution < -0.4 is 0 Å². The third-order valence-electron chi connectivity index (χ3n) is 2.09. The van der Waals surface area contributed by atoms with E-state index in [4.69, 9.17) is 5.21 Å². The van der Waals surface area contributed by atoms with Gasteiger partial charge in [-0.05, 0) is 23.1 Å².